The number of carbonyl (C=O) groups excluding carboxylic acids is 1. The molecule has 2 aliphatic rings. The van der Waals surface area contributed by atoms with E-state index in [-0.39, 0.29) is 25.0 Å². The predicted molar refractivity (Wildman–Crippen MR) is 130 cm³/mol. The number of hydrogen-bond donors (Lipinski definition) is 1. The minimum Gasteiger partial charge on any atom is -0.463 e. The van der Waals surface area contributed by atoms with Crippen LogP contribution >= 0.6 is 0 Å². The van der Waals surface area contributed by atoms with E-state index in [0.717, 1.165) is 27.7 Å². The molecule has 8 heteroatoms. The summed E-state index contributed by atoms with van der Waals surface area (Å²) in [6.07, 6.45) is 3.37. The van der Waals surface area contributed by atoms with Crippen molar-refractivity contribution in [3.05, 3.63) is 81.0 Å². The summed E-state index contributed by atoms with van der Waals surface area (Å²) >= 11 is 0. The molecule has 4 aromatic rings. The Morgan fingerprint density at radius 3 is 2.86 bits per heavy atom. The second-order valence-corrected chi connectivity index (χ2v) is 9.04. The normalized spacial score (nSPS) is 18.9. The van der Waals surface area contributed by atoms with E-state index in [9.17, 15) is 14.7 Å². The number of aromatic nitrogens is 2. The van der Waals surface area contributed by atoms with Gasteiger partial charge >= 0.3 is 5.97 Å². The highest BCUT2D eigenvalue weighted by Gasteiger charge is 2.39. The first-order valence-electron chi connectivity index (χ1n) is 11.5. The van der Waals surface area contributed by atoms with Crippen molar-refractivity contribution in [1.29, 1.82) is 0 Å². The number of fused-ring (bicyclic) bond motifs is 5. The van der Waals surface area contributed by atoms with Gasteiger partial charge in [-0.05, 0) is 54.8 Å². The van der Waals surface area contributed by atoms with Crippen molar-refractivity contribution in [2.75, 3.05) is 0 Å². The summed E-state index contributed by atoms with van der Waals surface area (Å²) in [5.41, 5.74) is 3.84. The molecule has 0 saturated carbocycles. The van der Waals surface area contributed by atoms with Gasteiger partial charge in [0.1, 0.15) is 18.0 Å². The first-order chi connectivity index (χ1) is 16.9. The van der Waals surface area contributed by atoms with Crippen LogP contribution in [0.2, 0.25) is 0 Å². The van der Waals surface area contributed by atoms with Crippen molar-refractivity contribution in [2.24, 2.45) is 4.99 Å². The van der Waals surface area contributed by atoms with Crippen molar-refractivity contribution in [3.8, 4) is 11.4 Å². The number of aliphatic imine (C=N–C) groups is 1. The largest absolute Gasteiger partial charge is 0.463 e. The number of furan rings is 1. The Balaban J connectivity index is 1.55. The molecule has 1 N–H and O–H groups in total. The van der Waals surface area contributed by atoms with E-state index < -0.39 is 11.6 Å². The monoisotopic (exact) mass is 469 g/mol. The summed E-state index contributed by atoms with van der Waals surface area (Å²) in [6, 6.07) is 11.2. The van der Waals surface area contributed by atoms with Crippen LogP contribution in [0.3, 0.4) is 0 Å². The fourth-order valence-corrected chi connectivity index (χ4v) is 5.14. The summed E-state index contributed by atoms with van der Waals surface area (Å²) in [5, 5.41) is 12.2. The molecule has 1 unspecified atom stereocenters. The van der Waals surface area contributed by atoms with Crippen molar-refractivity contribution < 1.29 is 19.1 Å². The maximum Gasteiger partial charge on any atom is 0.309 e. The smallest absolute Gasteiger partial charge is 0.309 e. The standard InChI is InChI=1S/C27H23N3O5/c1-3-27(33)11-23(31)35-14-18-19(27)10-22-25-17(13-30(22)26(18)32)15(2)24-20(7-4-8-21(24)29-25)28-12-16-6-5-9-34-16/h4-10,12,33H,3,11,13-14H2,1-2H3. The zero-order valence-corrected chi connectivity index (χ0v) is 19.4. The van der Waals surface area contributed by atoms with E-state index in [2.05, 4.69) is 4.99 Å². The molecule has 35 heavy (non-hydrogen) atoms. The van der Waals surface area contributed by atoms with Crippen molar-refractivity contribution in [3.63, 3.8) is 0 Å². The van der Waals surface area contributed by atoms with Crippen LogP contribution in [-0.2, 0) is 28.3 Å². The van der Waals surface area contributed by atoms with Crippen LogP contribution in [0.25, 0.3) is 22.3 Å². The molecule has 5 heterocycles. The molecule has 1 aromatic carbocycles. The average molecular weight is 469 g/mol. The minimum absolute atomic E-state index is 0.147. The molecule has 3 aromatic heterocycles. The van der Waals surface area contributed by atoms with Gasteiger partial charge in [-0.2, -0.15) is 0 Å². The van der Waals surface area contributed by atoms with E-state index in [1.807, 2.05) is 37.3 Å². The third-order valence-electron chi connectivity index (χ3n) is 7.10. The molecule has 0 fully saturated rings. The second-order valence-electron chi connectivity index (χ2n) is 9.04. The Morgan fingerprint density at radius 1 is 1.23 bits per heavy atom. The maximum atomic E-state index is 13.5. The van der Waals surface area contributed by atoms with Crippen LogP contribution in [0.1, 0.15) is 47.8 Å². The van der Waals surface area contributed by atoms with Crippen LogP contribution < -0.4 is 5.56 Å². The fraction of sp³-hybridized carbons (Fsp3) is 0.259. The fourth-order valence-electron chi connectivity index (χ4n) is 5.14. The number of cyclic esters (lactones) is 1. The lowest BCUT2D eigenvalue weighted by atomic mass is 9.85. The van der Waals surface area contributed by atoms with Gasteiger partial charge in [-0.3, -0.25) is 14.6 Å². The summed E-state index contributed by atoms with van der Waals surface area (Å²) in [7, 11) is 0. The number of esters is 1. The quantitative estimate of drug-likeness (QED) is 0.315. The highest BCUT2D eigenvalue weighted by molar-refractivity contribution is 5.97. The Morgan fingerprint density at radius 2 is 2.09 bits per heavy atom. The second kappa shape index (κ2) is 7.74. The van der Waals surface area contributed by atoms with Gasteiger partial charge in [0.2, 0.25) is 0 Å². The Labute approximate surface area is 200 Å². The predicted octanol–water partition coefficient (Wildman–Crippen LogP) is 4.12. The van der Waals surface area contributed by atoms with Gasteiger partial charge < -0.3 is 18.8 Å². The van der Waals surface area contributed by atoms with Crippen LogP contribution in [0.4, 0.5) is 5.69 Å². The first-order valence-corrected chi connectivity index (χ1v) is 11.5. The molecule has 0 saturated heterocycles. The minimum atomic E-state index is -1.46. The van der Waals surface area contributed by atoms with Gasteiger partial charge in [-0.15, -0.1) is 0 Å². The van der Waals surface area contributed by atoms with E-state index in [1.54, 1.807) is 30.0 Å². The number of ether oxygens (including phenoxy) is 1. The Kier molecular flexibility index (Phi) is 4.76. The third-order valence-corrected chi connectivity index (χ3v) is 7.10. The topological polar surface area (TPSA) is 107 Å². The number of rotatable bonds is 3. The van der Waals surface area contributed by atoms with E-state index in [1.165, 1.54) is 0 Å². The number of pyridine rings is 2. The lowest BCUT2D eigenvalue weighted by Crippen LogP contribution is -2.32. The van der Waals surface area contributed by atoms with Crippen molar-refractivity contribution in [2.45, 2.75) is 45.4 Å². The van der Waals surface area contributed by atoms with Crippen LogP contribution in [-0.4, -0.2) is 26.8 Å². The molecule has 0 radical (unpaired) electrons. The van der Waals surface area contributed by atoms with Gasteiger partial charge in [0.25, 0.3) is 5.56 Å². The highest BCUT2D eigenvalue weighted by Crippen LogP contribution is 2.41. The lowest BCUT2D eigenvalue weighted by Gasteiger charge is -2.26. The van der Waals surface area contributed by atoms with Gasteiger partial charge in [0, 0.05) is 10.9 Å². The first kappa shape index (κ1) is 21.5. The van der Waals surface area contributed by atoms with Crippen molar-refractivity contribution in [1.82, 2.24) is 9.55 Å². The van der Waals surface area contributed by atoms with E-state index in [0.29, 0.717) is 34.8 Å². The molecule has 8 nitrogen and oxygen atoms in total. The molecule has 0 bridgehead atoms. The molecule has 6 rings (SSSR count). The summed E-state index contributed by atoms with van der Waals surface area (Å²) in [4.78, 5) is 35.2. The molecule has 0 amide bonds. The molecule has 2 aliphatic heterocycles. The number of hydrogen-bond acceptors (Lipinski definition) is 7. The van der Waals surface area contributed by atoms with Gasteiger partial charge in [-0.1, -0.05) is 13.0 Å². The van der Waals surface area contributed by atoms with Crippen molar-refractivity contribution >= 4 is 28.8 Å². The van der Waals surface area contributed by atoms with E-state index in [4.69, 9.17) is 14.1 Å². The van der Waals surface area contributed by atoms with Gasteiger partial charge in [0.05, 0.1) is 53.6 Å². The number of nitrogens with zero attached hydrogens (tertiary/aromatic N) is 3. The molecule has 0 aliphatic carbocycles. The average Bonchev–Trinajstić information content (AvgIpc) is 3.47. The highest BCUT2D eigenvalue weighted by atomic mass is 16.5. The Bertz CT molecular complexity index is 1600. The number of aliphatic hydroxyl groups is 1. The molecule has 1 atom stereocenters. The molecule has 0 spiro atoms. The third kappa shape index (κ3) is 3.24. The molecule has 176 valence electrons. The zero-order valence-electron chi connectivity index (χ0n) is 19.4. The number of aryl methyl sites for hydroxylation is 1. The number of carbonyl (C=O) groups is 1. The van der Waals surface area contributed by atoms with Crippen LogP contribution in [0.5, 0.6) is 0 Å². The van der Waals surface area contributed by atoms with Gasteiger partial charge in [-0.25, -0.2) is 4.98 Å². The van der Waals surface area contributed by atoms with E-state index >= 15 is 0 Å². The summed E-state index contributed by atoms with van der Waals surface area (Å²) in [5.74, 6) is 0.136. The lowest BCUT2D eigenvalue weighted by molar-refractivity contribution is -0.149. The Hall–Kier alpha value is -4.04. The van der Waals surface area contributed by atoms with Gasteiger partial charge in [0.15, 0.2) is 0 Å². The summed E-state index contributed by atoms with van der Waals surface area (Å²) < 4.78 is 12.3. The number of benzene rings is 1. The SMILES string of the molecule is CCC1(O)CC(=O)OCc2c1cc1n(c2=O)Cc2c-1nc1cccc(N=Cc3ccco3)c1c2C. The maximum absolute atomic E-state index is 13.5. The molecular formula is C27H23N3O5. The summed E-state index contributed by atoms with van der Waals surface area (Å²) in [6.45, 7) is 4.01. The molecular weight excluding hydrogens is 446 g/mol. The van der Waals surface area contributed by atoms with Crippen LogP contribution in [0, 0.1) is 6.92 Å². The zero-order chi connectivity index (χ0) is 24.3. The van der Waals surface area contributed by atoms with Crippen LogP contribution in [0.15, 0.2) is 56.9 Å².